The zero-order chi connectivity index (χ0) is 17.4. The van der Waals surface area contributed by atoms with Crippen molar-refractivity contribution < 1.29 is 15.0 Å². The van der Waals surface area contributed by atoms with Gasteiger partial charge in [-0.2, -0.15) is 0 Å². The number of hydrogen-bond donors (Lipinski definition) is 2. The zero-order valence-electron chi connectivity index (χ0n) is 13.5. The third-order valence-corrected chi connectivity index (χ3v) is 4.19. The second-order valence-corrected chi connectivity index (χ2v) is 6.22. The third-order valence-electron chi connectivity index (χ3n) is 3.95. The Bertz CT molecular complexity index is 648. The van der Waals surface area contributed by atoms with E-state index in [0.717, 1.165) is 18.4 Å². The molecule has 0 saturated carbocycles. The lowest BCUT2D eigenvalue weighted by atomic mass is 9.99. The number of carbonyl (C=O) groups excluding carboxylic acids is 1. The smallest absolute Gasteiger partial charge is 0.223 e. The van der Waals surface area contributed by atoms with Gasteiger partial charge in [0.2, 0.25) is 5.91 Å². The maximum absolute atomic E-state index is 12.1. The minimum atomic E-state index is -0.633. The number of aliphatic hydroxyl groups is 2. The first kappa shape index (κ1) is 18.5. The number of likely N-dealkylation sites (tertiary alicyclic amines) is 1. The predicted molar refractivity (Wildman–Crippen MR) is 94.5 cm³/mol. The molecule has 5 heteroatoms. The molecule has 1 aromatic rings. The highest BCUT2D eigenvalue weighted by molar-refractivity contribution is 6.30. The van der Waals surface area contributed by atoms with Crippen molar-refractivity contribution in [2.24, 2.45) is 0 Å². The normalized spacial score (nSPS) is 19.2. The van der Waals surface area contributed by atoms with Crippen LogP contribution in [0.15, 0.2) is 36.4 Å². The first-order valence-corrected chi connectivity index (χ1v) is 8.45. The first-order chi connectivity index (χ1) is 11.6. The van der Waals surface area contributed by atoms with Crippen molar-refractivity contribution in [1.29, 1.82) is 0 Å². The maximum Gasteiger partial charge on any atom is 0.223 e. The molecule has 1 heterocycles. The Morgan fingerprint density at radius 1 is 1.42 bits per heavy atom. The molecule has 0 spiro atoms. The Morgan fingerprint density at radius 3 is 3.00 bits per heavy atom. The number of carbonyl (C=O) groups is 1. The number of piperidine rings is 1. The molecule has 1 aliphatic rings. The maximum atomic E-state index is 12.1. The summed E-state index contributed by atoms with van der Waals surface area (Å²) in [6.07, 6.45) is 5.67. The molecule has 1 aromatic carbocycles. The molecule has 24 heavy (non-hydrogen) atoms. The van der Waals surface area contributed by atoms with E-state index in [1.54, 1.807) is 17.0 Å². The molecular formula is C19H22ClNO3. The van der Waals surface area contributed by atoms with Gasteiger partial charge in [0.1, 0.15) is 6.61 Å². The van der Waals surface area contributed by atoms with Crippen molar-refractivity contribution in [1.82, 2.24) is 4.90 Å². The molecule has 1 unspecified atom stereocenters. The molecule has 1 fully saturated rings. The monoisotopic (exact) mass is 347 g/mol. The summed E-state index contributed by atoms with van der Waals surface area (Å²) < 4.78 is 0. The van der Waals surface area contributed by atoms with Gasteiger partial charge in [-0.3, -0.25) is 4.79 Å². The van der Waals surface area contributed by atoms with E-state index in [1.165, 1.54) is 0 Å². The van der Waals surface area contributed by atoms with Crippen molar-refractivity contribution in [3.05, 3.63) is 47.0 Å². The minimum absolute atomic E-state index is 0.0618. The molecule has 0 bridgehead atoms. The average Bonchev–Trinajstić information content (AvgIpc) is 2.55. The van der Waals surface area contributed by atoms with E-state index in [4.69, 9.17) is 16.7 Å². The number of halogens is 1. The van der Waals surface area contributed by atoms with Crippen LogP contribution in [0.1, 0.15) is 24.8 Å². The van der Waals surface area contributed by atoms with Crippen LogP contribution >= 0.6 is 11.6 Å². The fourth-order valence-electron chi connectivity index (χ4n) is 2.78. The number of hydrogen-bond acceptors (Lipinski definition) is 3. The van der Waals surface area contributed by atoms with E-state index in [9.17, 15) is 9.90 Å². The SMILES string of the molecule is O=C1CCCC(/C=C/[C@H](O)Cc2cccc(Cl)c2)N1CC#CCO. The molecular weight excluding hydrogens is 326 g/mol. The summed E-state index contributed by atoms with van der Waals surface area (Å²) in [4.78, 5) is 13.8. The van der Waals surface area contributed by atoms with Crippen LogP contribution in [0.2, 0.25) is 5.02 Å². The second-order valence-electron chi connectivity index (χ2n) is 5.78. The Kier molecular flexibility index (Phi) is 7.33. The number of amides is 1. The highest BCUT2D eigenvalue weighted by atomic mass is 35.5. The van der Waals surface area contributed by atoms with Crippen molar-refractivity contribution in [3.63, 3.8) is 0 Å². The summed E-state index contributed by atoms with van der Waals surface area (Å²) in [5.74, 6) is 5.42. The van der Waals surface area contributed by atoms with Crippen LogP contribution in [0.4, 0.5) is 0 Å². The van der Waals surface area contributed by atoms with E-state index in [-0.39, 0.29) is 18.6 Å². The van der Waals surface area contributed by atoms with Gasteiger partial charge in [0, 0.05) is 17.9 Å². The molecule has 0 radical (unpaired) electrons. The van der Waals surface area contributed by atoms with Gasteiger partial charge in [0.15, 0.2) is 0 Å². The van der Waals surface area contributed by atoms with Crippen LogP contribution in [0.25, 0.3) is 0 Å². The van der Waals surface area contributed by atoms with E-state index in [1.807, 2.05) is 24.3 Å². The summed E-state index contributed by atoms with van der Waals surface area (Å²) in [5, 5.41) is 19.6. The van der Waals surface area contributed by atoms with E-state index in [2.05, 4.69) is 11.8 Å². The van der Waals surface area contributed by atoms with Gasteiger partial charge >= 0.3 is 0 Å². The van der Waals surface area contributed by atoms with Gasteiger partial charge in [-0.15, -0.1) is 0 Å². The quantitative estimate of drug-likeness (QED) is 0.634. The van der Waals surface area contributed by atoms with Crippen LogP contribution in [-0.2, 0) is 11.2 Å². The highest BCUT2D eigenvalue weighted by Crippen LogP contribution is 2.19. The van der Waals surface area contributed by atoms with Crippen molar-refractivity contribution in [2.45, 2.75) is 37.8 Å². The highest BCUT2D eigenvalue weighted by Gasteiger charge is 2.25. The lowest BCUT2D eigenvalue weighted by molar-refractivity contribution is -0.134. The Balaban J connectivity index is 1.97. The van der Waals surface area contributed by atoms with Crippen LogP contribution in [0.3, 0.4) is 0 Å². The van der Waals surface area contributed by atoms with E-state index >= 15 is 0 Å². The molecule has 2 N–H and O–H groups in total. The molecule has 2 atom stereocenters. The van der Waals surface area contributed by atoms with Crippen LogP contribution in [-0.4, -0.2) is 46.3 Å². The summed E-state index contributed by atoms with van der Waals surface area (Å²) in [7, 11) is 0. The lowest BCUT2D eigenvalue weighted by Gasteiger charge is -2.32. The summed E-state index contributed by atoms with van der Waals surface area (Å²) in [6, 6.07) is 7.35. The van der Waals surface area contributed by atoms with Gasteiger partial charge in [-0.25, -0.2) is 0 Å². The van der Waals surface area contributed by atoms with Crippen molar-refractivity contribution in [3.8, 4) is 11.8 Å². The fourth-order valence-corrected chi connectivity index (χ4v) is 2.99. The average molecular weight is 348 g/mol. The number of rotatable bonds is 5. The molecule has 0 aromatic heterocycles. The van der Waals surface area contributed by atoms with Crippen molar-refractivity contribution in [2.75, 3.05) is 13.2 Å². The Morgan fingerprint density at radius 2 is 2.25 bits per heavy atom. The summed E-state index contributed by atoms with van der Waals surface area (Å²) in [6.45, 7) is 0.0969. The van der Waals surface area contributed by atoms with Gasteiger partial charge in [0.05, 0.1) is 18.7 Å². The van der Waals surface area contributed by atoms with Gasteiger partial charge < -0.3 is 15.1 Å². The lowest BCUT2D eigenvalue weighted by Crippen LogP contribution is -2.42. The predicted octanol–water partition coefficient (Wildman–Crippen LogP) is 2.18. The Hall–Kier alpha value is -1.80. The molecule has 1 saturated heterocycles. The van der Waals surface area contributed by atoms with Crippen molar-refractivity contribution >= 4 is 17.5 Å². The van der Waals surface area contributed by atoms with Crippen LogP contribution < -0.4 is 0 Å². The summed E-state index contributed by atoms with van der Waals surface area (Å²) in [5.41, 5.74) is 0.963. The van der Waals surface area contributed by atoms with Crippen LogP contribution in [0, 0.1) is 11.8 Å². The van der Waals surface area contributed by atoms with Gasteiger partial charge in [-0.05, 0) is 30.5 Å². The van der Waals surface area contributed by atoms with E-state index in [0.29, 0.717) is 24.4 Å². The van der Waals surface area contributed by atoms with Crippen LogP contribution in [0.5, 0.6) is 0 Å². The fraction of sp³-hybridized carbons (Fsp3) is 0.421. The molecule has 1 aliphatic heterocycles. The minimum Gasteiger partial charge on any atom is -0.389 e. The van der Waals surface area contributed by atoms with Gasteiger partial charge in [0.25, 0.3) is 0 Å². The summed E-state index contributed by atoms with van der Waals surface area (Å²) >= 11 is 5.95. The number of aliphatic hydroxyl groups excluding tert-OH is 2. The van der Waals surface area contributed by atoms with E-state index < -0.39 is 6.10 Å². The molecule has 4 nitrogen and oxygen atoms in total. The van der Waals surface area contributed by atoms with Gasteiger partial charge in [-0.1, -0.05) is 47.7 Å². The second kappa shape index (κ2) is 9.48. The molecule has 1 amide bonds. The number of benzene rings is 1. The Labute approximate surface area is 147 Å². The molecule has 128 valence electrons. The third kappa shape index (κ3) is 5.68. The topological polar surface area (TPSA) is 60.8 Å². The molecule has 2 rings (SSSR count). The zero-order valence-corrected chi connectivity index (χ0v) is 14.2. The largest absolute Gasteiger partial charge is 0.389 e. The first-order valence-electron chi connectivity index (χ1n) is 8.07. The molecule has 0 aliphatic carbocycles. The number of nitrogens with zero attached hydrogens (tertiary/aromatic N) is 1. The standard InChI is InChI=1S/C19H22ClNO3/c20-16-6-3-5-15(13-16)14-18(23)10-9-17-7-4-8-19(24)21(17)11-1-2-12-22/h3,5-6,9-10,13,17-18,22-23H,4,7-8,11-12,14H2/b10-9+/t17?,18-/m0/s1.